The molecule has 0 spiro atoms. The maximum absolute atomic E-state index is 5.44. The fourth-order valence-electron chi connectivity index (χ4n) is 8.61. The highest BCUT2D eigenvalue weighted by atomic mass is 15.1. The van der Waals surface area contributed by atoms with Gasteiger partial charge in [-0.1, -0.05) is 176 Å². The molecule has 0 atom stereocenters. The molecule has 0 radical (unpaired) electrons. The van der Waals surface area contributed by atoms with Crippen molar-refractivity contribution in [3.05, 3.63) is 237 Å². The molecule has 0 unspecified atom stereocenters. The van der Waals surface area contributed by atoms with E-state index in [1.807, 2.05) is 0 Å². The Hall–Kier alpha value is -8.14. The molecule has 0 aliphatic rings. The van der Waals surface area contributed by atoms with Gasteiger partial charge < -0.3 is 4.90 Å². The molecule has 0 amide bonds. The lowest BCUT2D eigenvalue weighted by Crippen LogP contribution is -2.09. The molecule has 0 bridgehead atoms. The minimum absolute atomic E-state index is 0.932. The second-order valence-electron chi connectivity index (χ2n) is 15.4. The molecule has 0 aliphatic carbocycles. The molecule has 0 aliphatic heterocycles. The zero-order valence-corrected chi connectivity index (χ0v) is 33.4. The Morgan fingerprint density at radius 1 is 0.279 bits per heavy atom. The van der Waals surface area contributed by atoms with Crippen LogP contribution in [0.3, 0.4) is 0 Å². The van der Waals surface area contributed by atoms with E-state index in [-0.39, 0.29) is 0 Å². The van der Waals surface area contributed by atoms with Crippen LogP contribution < -0.4 is 4.90 Å². The normalized spacial score (nSPS) is 11.3. The van der Waals surface area contributed by atoms with Crippen LogP contribution in [0, 0.1) is 0 Å². The summed E-state index contributed by atoms with van der Waals surface area (Å²) in [6, 6.07) is 83.9. The number of aromatic nitrogens is 2. The van der Waals surface area contributed by atoms with Crippen LogP contribution in [-0.4, -0.2) is 9.97 Å². The first-order valence-corrected chi connectivity index (χ1v) is 20.7. The maximum Gasteiger partial charge on any atom is 0.0788 e. The van der Waals surface area contributed by atoms with E-state index in [4.69, 9.17) is 9.97 Å². The van der Waals surface area contributed by atoms with E-state index in [2.05, 4.69) is 241 Å². The Labute approximate surface area is 355 Å². The van der Waals surface area contributed by atoms with Gasteiger partial charge >= 0.3 is 0 Å². The van der Waals surface area contributed by atoms with Crippen molar-refractivity contribution >= 4 is 49.5 Å². The zero-order chi connectivity index (χ0) is 40.5. The van der Waals surface area contributed by atoms with E-state index in [0.29, 0.717) is 0 Å². The monoisotopic (exact) mass is 777 g/mol. The molecular formula is C58H39N3. The third kappa shape index (κ3) is 6.88. The summed E-state index contributed by atoms with van der Waals surface area (Å²) in [5.74, 6) is 0. The largest absolute Gasteiger partial charge is 0.311 e. The summed E-state index contributed by atoms with van der Waals surface area (Å²) in [6.45, 7) is 0. The number of pyridine rings is 2. The van der Waals surface area contributed by atoms with Crippen molar-refractivity contribution in [2.45, 2.75) is 0 Å². The Morgan fingerprint density at radius 2 is 0.770 bits per heavy atom. The zero-order valence-electron chi connectivity index (χ0n) is 33.4. The summed E-state index contributed by atoms with van der Waals surface area (Å²) in [5, 5.41) is 5.86. The van der Waals surface area contributed by atoms with Crippen LogP contribution in [0.15, 0.2) is 237 Å². The summed E-state index contributed by atoms with van der Waals surface area (Å²) >= 11 is 0. The third-order valence-electron chi connectivity index (χ3n) is 11.6. The summed E-state index contributed by atoms with van der Waals surface area (Å²) < 4.78 is 0. The number of hydrogen-bond donors (Lipinski definition) is 0. The van der Waals surface area contributed by atoms with E-state index in [0.717, 1.165) is 78.3 Å². The second kappa shape index (κ2) is 15.6. The average molecular weight is 778 g/mol. The average Bonchev–Trinajstić information content (AvgIpc) is 3.35. The van der Waals surface area contributed by atoms with Crippen LogP contribution in [0.25, 0.3) is 88.5 Å². The third-order valence-corrected chi connectivity index (χ3v) is 11.6. The number of rotatable bonds is 8. The number of anilines is 3. The van der Waals surface area contributed by atoms with Crippen molar-refractivity contribution in [1.82, 2.24) is 9.97 Å². The van der Waals surface area contributed by atoms with Crippen LogP contribution in [0.2, 0.25) is 0 Å². The van der Waals surface area contributed by atoms with E-state index in [9.17, 15) is 0 Å². The van der Waals surface area contributed by atoms with E-state index < -0.39 is 0 Å². The molecule has 0 saturated carbocycles. The lowest BCUT2D eigenvalue weighted by molar-refractivity contribution is 1.28. The van der Waals surface area contributed by atoms with Crippen LogP contribution in [0.4, 0.5) is 17.1 Å². The highest BCUT2D eigenvalue weighted by Crippen LogP contribution is 2.41. The van der Waals surface area contributed by atoms with Crippen molar-refractivity contribution in [3.8, 4) is 56.0 Å². The molecule has 9 aromatic carbocycles. The van der Waals surface area contributed by atoms with Gasteiger partial charge in [0.1, 0.15) is 0 Å². The predicted molar refractivity (Wildman–Crippen MR) is 256 cm³/mol. The number of benzene rings is 9. The Bertz CT molecular complexity index is 3270. The van der Waals surface area contributed by atoms with Crippen molar-refractivity contribution in [1.29, 1.82) is 0 Å². The molecule has 3 heteroatoms. The van der Waals surface area contributed by atoms with Gasteiger partial charge in [-0.15, -0.1) is 0 Å². The highest BCUT2D eigenvalue weighted by Gasteiger charge is 2.17. The van der Waals surface area contributed by atoms with E-state index in [1.54, 1.807) is 0 Å². The molecule has 0 saturated heterocycles. The standard InChI is InChI=1S/C58H39N3/c1-5-15-40(16-6-1)41-25-27-44(28-26-41)56-39-47(38-55(59-56)43-18-7-2-8-19-43)46-32-36-54-53(37-46)57-51-24-14-13-17-42(51)31-35-52(57)58(60-54)45-29-33-50(34-30-45)61(48-20-9-3-10-21-48)49-22-11-4-12-23-49/h1-39H. The Morgan fingerprint density at radius 3 is 1.43 bits per heavy atom. The predicted octanol–water partition coefficient (Wildman–Crippen LogP) is 15.7. The molecule has 61 heavy (non-hydrogen) atoms. The molecule has 2 heterocycles. The van der Waals surface area contributed by atoms with Crippen LogP contribution in [0.1, 0.15) is 0 Å². The lowest BCUT2D eigenvalue weighted by Gasteiger charge is -2.25. The van der Waals surface area contributed by atoms with Gasteiger partial charge in [-0.2, -0.15) is 0 Å². The second-order valence-corrected chi connectivity index (χ2v) is 15.4. The highest BCUT2D eigenvalue weighted by molar-refractivity contribution is 6.22. The van der Waals surface area contributed by atoms with Crippen molar-refractivity contribution in [3.63, 3.8) is 0 Å². The fraction of sp³-hybridized carbons (Fsp3) is 0. The number of fused-ring (bicyclic) bond motifs is 5. The summed E-state index contributed by atoms with van der Waals surface area (Å²) in [7, 11) is 0. The molecule has 0 fully saturated rings. The van der Waals surface area contributed by atoms with Crippen molar-refractivity contribution < 1.29 is 0 Å². The molecule has 286 valence electrons. The van der Waals surface area contributed by atoms with Gasteiger partial charge in [-0.05, 0) is 93.7 Å². The first kappa shape index (κ1) is 36.0. The molecule has 11 rings (SSSR count). The molecular weight excluding hydrogens is 739 g/mol. The lowest BCUT2D eigenvalue weighted by atomic mass is 9.93. The van der Waals surface area contributed by atoms with Gasteiger partial charge in [0.15, 0.2) is 0 Å². The minimum atomic E-state index is 0.932. The van der Waals surface area contributed by atoms with Gasteiger partial charge in [0, 0.05) is 49.9 Å². The molecule has 2 aromatic heterocycles. The van der Waals surface area contributed by atoms with Gasteiger partial charge in [0.25, 0.3) is 0 Å². The summed E-state index contributed by atoms with van der Waals surface area (Å²) in [6.07, 6.45) is 0. The van der Waals surface area contributed by atoms with Crippen LogP contribution >= 0.6 is 0 Å². The molecule has 3 nitrogen and oxygen atoms in total. The molecule has 11 aromatic rings. The molecule has 0 N–H and O–H groups in total. The quantitative estimate of drug-likeness (QED) is 0.144. The van der Waals surface area contributed by atoms with Crippen LogP contribution in [0.5, 0.6) is 0 Å². The van der Waals surface area contributed by atoms with E-state index >= 15 is 0 Å². The Balaban J connectivity index is 1.05. The smallest absolute Gasteiger partial charge is 0.0788 e. The topological polar surface area (TPSA) is 29.0 Å². The number of nitrogens with zero attached hydrogens (tertiary/aromatic N) is 3. The summed E-state index contributed by atoms with van der Waals surface area (Å²) in [5.41, 5.74) is 14.9. The maximum atomic E-state index is 5.44. The van der Waals surface area contributed by atoms with Crippen molar-refractivity contribution in [2.75, 3.05) is 4.90 Å². The van der Waals surface area contributed by atoms with Gasteiger partial charge in [-0.25, -0.2) is 9.97 Å². The van der Waals surface area contributed by atoms with Gasteiger partial charge in [-0.3, -0.25) is 0 Å². The minimum Gasteiger partial charge on any atom is -0.311 e. The number of hydrogen-bond acceptors (Lipinski definition) is 3. The van der Waals surface area contributed by atoms with Crippen molar-refractivity contribution in [2.24, 2.45) is 0 Å². The summed E-state index contributed by atoms with van der Waals surface area (Å²) in [4.78, 5) is 13.0. The van der Waals surface area contributed by atoms with Crippen LogP contribution in [-0.2, 0) is 0 Å². The first-order chi connectivity index (χ1) is 30.2. The van der Waals surface area contributed by atoms with Gasteiger partial charge in [0.05, 0.1) is 22.6 Å². The van der Waals surface area contributed by atoms with Gasteiger partial charge in [0.2, 0.25) is 0 Å². The van der Waals surface area contributed by atoms with E-state index in [1.165, 1.54) is 27.3 Å². The first-order valence-electron chi connectivity index (χ1n) is 20.7. The fourth-order valence-corrected chi connectivity index (χ4v) is 8.61. The SMILES string of the molecule is c1ccc(-c2ccc(-c3cc(-c4ccc5nc(-c6ccc(N(c7ccccc7)c7ccccc7)cc6)c6ccc7ccccc7c6c5c4)cc(-c4ccccc4)n3)cc2)cc1. The number of para-hydroxylation sites is 2. The Kier molecular flexibility index (Phi) is 9.18.